The quantitative estimate of drug-likeness (QED) is 0.664. The Kier molecular flexibility index (Phi) is 5.77. The van der Waals surface area contributed by atoms with Gasteiger partial charge in [-0.15, -0.1) is 0 Å². The second-order valence-corrected chi connectivity index (χ2v) is 5.44. The third-order valence-electron chi connectivity index (χ3n) is 3.66. The maximum absolute atomic E-state index is 12.3. The first kappa shape index (κ1) is 17.4. The van der Waals surface area contributed by atoms with E-state index in [1.807, 2.05) is 36.4 Å². The molecule has 1 amide bonds. The molecule has 0 aliphatic rings. The molecule has 0 saturated heterocycles. The lowest BCUT2D eigenvalue weighted by Gasteiger charge is -2.08. The van der Waals surface area contributed by atoms with Crippen LogP contribution in [0.4, 0.5) is 0 Å². The Balaban J connectivity index is 1.57. The maximum atomic E-state index is 12.3. The minimum Gasteiger partial charge on any atom is -0.492 e. The van der Waals surface area contributed by atoms with Crippen LogP contribution >= 0.6 is 0 Å². The van der Waals surface area contributed by atoms with Gasteiger partial charge >= 0.3 is 0 Å². The number of hydrogen-bond donors (Lipinski definition) is 1. The summed E-state index contributed by atoms with van der Waals surface area (Å²) in [6.07, 6.45) is 3.27. The van der Waals surface area contributed by atoms with E-state index in [1.165, 1.54) is 0 Å². The molecule has 0 atom stereocenters. The summed E-state index contributed by atoms with van der Waals surface area (Å²) in [6.45, 7) is 0.811. The molecule has 6 heteroatoms. The van der Waals surface area contributed by atoms with Crippen LogP contribution in [0, 0.1) is 0 Å². The van der Waals surface area contributed by atoms with Crippen molar-refractivity contribution in [3.8, 4) is 22.9 Å². The van der Waals surface area contributed by atoms with E-state index in [2.05, 4.69) is 15.3 Å². The zero-order valence-corrected chi connectivity index (χ0v) is 14.4. The fourth-order valence-corrected chi connectivity index (χ4v) is 2.33. The molecule has 6 nitrogen and oxygen atoms in total. The number of nitrogens with zero attached hydrogens (tertiary/aromatic N) is 2. The lowest BCUT2D eigenvalue weighted by molar-refractivity contribution is 0.0947. The van der Waals surface area contributed by atoms with Crippen molar-refractivity contribution < 1.29 is 14.3 Å². The highest BCUT2D eigenvalue weighted by molar-refractivity contribution is 5.95. The van der Waals surface area contributed by atoms with Gasteiger partial charge in [0.05, 0.1) is 19.3 Å². The highest BCUT2D eigenvalue weighted by atomic mass is 16.5. The summed E-state index contributed by atoms with van der Waals surface area (Å²) in [5.74, 6) is 1.13. The zero-order valence-electron chi connectivity index (χ0n) is 14.4. The highest BCUT2D eigenvalue weighted by Crippen LogP contribution is 2.19. The second-order valence-electron chi connectivity index (χ2n) is 5.44. The van der Waals surface area contributed by atoms with E-state index < -0.39 is 0 Å². The van der Waals surface area contributed by atoms with Gasteiger partial charge in [0.15, 0.2) is 0 Å². The van der Waals surface area contributed by atoms with Crippen LogP contribution in [0.15, 0.2) is 67.0 Å². The molecule has 1 N–H and O–H groups in total. The normalized spacial score (nSPS) is 10.2. The molecule has 26 heavy (non-hydrogen) atoms. The van der Waals surface area contributed by atoms with E-state index in [4.69, 9.17) is 9.47 Å². The average Bonchev–Trinajstić information content (AvgIpc) is 2.72. The molecule has 132 valence electrons. The number of carbonyl (C=O) groups excluding carboxylic acids is 1. The Morgan fingerprint density at radius 1 is 1.08 bits per heavy atom. The number of nitrogens with one attached hydrogen (secondary N) is 1. The molecule has 0 bridgehead atoms. The highest BCUT2D eigenvalue weighted by Gasteiger charge is 2.08. The van der Waals surface area contributed by atoms with Gasteiger partial charge < -0.3 is 14.8 Å². The van der Waals surface area contributed by atoms with Gasteiger partial charge in [-0.1, -0.05) is 18.2 Å². The first-order chi connectivity index (χ1) is 12.8. The van der Waals surface area contributed by atoms with Crippen LogP contribution in [-0.2, 0) is 0 Å². The van der Waals surface area contributed by atoms with Gasteiger partial charge in [0, 0.05) is 29.6 Å². The fourth-order valence-electron chi connectivity index (χ4n) is 2.33. The van der Waals surface area contributed by atoms with Crippen molar-refractivity contribution >= 4 is 5.91 Å². The van der Waals surface area contributed by atoms with Crippen LogP contribution in [-0.4, -0.2) is 36.1 Å². The summed E-state index contributed by atoms with van der Waals surface area (Å²) in [5, 5.41) is 2.84. The SMILES string of the molecule is COc1ccc(-c2cc(C(=O)NCCOc3ccccc3)ccn2)cn1. The number of hydrogen-bond acceptors (Lipinski definition) is 5. The Bertz CT molecular complexity index is 852. The van der Waals surface area contributed by atoms with Gasteiger partial charge in [0.1, 0.15) is 12.4 Å². The molecule has 1 aromatic carbocycles. The summed E-state index contributed by atoms with van der Waals surface area (Å²) in [6, 6.07) is 16.5. The van der Waals surface area contributed by atoms with Crippen molar-refractivity contribution in [1.29, 1.82) is 0 Å². The monoisotopic (exact) mass is 349 g/mol. The van der Waals surface area contributed by atoms with E-state index in [1.54, 1.807) is 37.7 Å². The van der Waals surface area contributed by atoms with E-state index in [0.717, 1.165) is 11.3 Å². The van der Waals surface area contributed by atoms with Crippen LogP contribution in [0.5, 0.6) is 11.6 Å². The molecule has 0 fully saturated rings. The predicted molar refractivity (Wildman–Crippen MR) is 98.3 cm³/mol. The van der Waals surface area contributed by atoms with Crippen molar-refractivity contribution in [2.45, 2.75) is 0 Å². The van der Waals surface area contributed by atoms with E-state index in [0.29, 0.717) is 30.3 Å². The van der Waals surface area contributed by atoms with Crippen LogP contribution in [0.3, 0.4) is 0 Å². The summed E-state index contributed by atoms with van der Waals surface area (Å²) in [7, 11) is 1.56. The van der Waals surface area contributed by atoms with Gasteiger partial charge in [-0.25, -0.2) is 4.98 Å². The molecule has 0 saturated carbocycles. The van der Waals surface area contributed by atoms with E-state index in [9.17, 15) is 4.79 Å². The van der Waals surface area contributed by atoms with Gasteiger partial charge in [-0.05, 0) is 30.3 Å². The van der Waals surface area contributed by atoms with E-state index >= 15 is 0 Å². The molecule has 0 radical (unpaired) electrons. The number of methoxy groups -OCH3 is 1. The molecular weight excluding hydrogens is 330 g/mol. The first-order valence-electron chi connectivity index (χ1n) is 8.19. The minimum atomic E-state index is -0.174. The standard InChI is InChI=1S/C20H19N3O3/c1-25-19-8-7-16(14-23-19)18-13-15(9-10-21-18)20(24)22-11-12-26-17-5-3-2-4-6-17/h2-10,13-14H,11-12H2,1H3,(H,22,24). The average molecular weight is 349 g/mol. The Hall–Kier alpha value is -3.41. The smallest absolute Gasteiger partial charge is 0.251 e. The largest absolute Gasteiger partial charge is 0.492 e. The number of pyridine rings is 2. The van der Waals surface area contributed by atoms with Gasteiger partial charge in [0.25, 0.3) is 5.91 Å². The molecule has 0 spiro atoms. The Labute approximate surface area is 151 Å². The summed E-state index contributed by atoms with van der Waals surface area (Å²) >= 11 is 0. The number of aromatic nitrogens is 2. The zero-order chi connectivity index (χ0) is 18.2. The Morgan fingerprint density at radius 3 is 2.65 bits per heavy atom. The van der Waals surface area contributed by atoms with Crippen LogP contribution in [0.1, 0.15) is 10.4 Å². The van der Waals surface area contributed by atoms with Crippen LogP contribution < -0.4 is 14.8 Å². The van der Waals surface area contributed by atoms with Crippen molar-refractivity contribution in [3.05, 3.63) is 72.6 Å². The molecule has 0 aliphatic heterocycles. The first-order valence-corrected chi connectivity index (χ1v) is 8.19. The molecule has 3 aromatic rings. The molecular formula is C20H19N3O3. The van der Waals surface area contributed by atoms with Crippen molar-refractivity contribution in [2.75, 3.05) is 20.3 Å². The number of rotatable bonds is 7. The van der Waals surface area contributed by atoms with Crippen molar-refractivity contribution in [3.63, 3.8) is 0 Å². The van der Waals surface area contributed by atoms with Gasteiger partial charge in [0.2, 0.25) is 5.88 Å². The Morgan fingerprint density at radius 2 is 1.92 bits per heavy atom. The van der Waals surface area contributed by atoms with Gasteiger partial charge in [-0.2, -0.15) is 0 Å². The number of para-hydroxylation sites is 1. The number of carbonyl (C=O) groups is 1. The van der Waals surface area contributed by atoms with Crippen molar-refractivity contribution in [2.24, 2.45) is 0 Å². The topological polar surface area (TPSA) is 73.3 Å². The van der Waals surface area contributed by atoms with Gasteiger partial charge in [-0.3, -0.25) is 9.78 Å². The molecule has 2 heterocycles. The third kappa shape index (κ3) is 4.57. The minimum absolute atomic E-state index is 0.174. The molecule has 3 rings (SSSR count). The van der Waals surface area contributed by atoms with Crippen LogP contribution in [0.25, 0.3) is 11.3 Å². The predicted octanol–water partition coefficient (Wildman–Crippen LogP) is 2.96. The number of amides is 1. The number of benzene rings is 1. The van der Waals surface area contributed by atoms with Crippen LogP contribution in [0.2, 0.25) is 0 Å². The molecule has 2 aromatic heterocycles. The van der Waals surface area contributed by atoms with Crippen molar-refractivity contribution in [1.82, 2.24) is 15.3 Å². The lowest BCUT2D eigenvalue weighted by atomic mass is 10.1. The lowest BCUT2D eigenvalue weighted by Crippen LogP contribution is -2.28. The fraction of sp³-hybridized carbons (Fsp3) is 0.150. The van der Waals surface area contributed by atoms with E-state index in [-0.39, 0.29) is 5.91 Å². The second kappa shape index (κ2) is 8.62. The summed E-state index contributed by atoms with van der Waals surface area (Å²) < 4.78 is 10.6. The summed E-state index contributed by atoms with van der Waals surface area (Å²) in [4.78, 5) is 20.8. The summed E-state index contributed by atoms with van der Waals surface area (Å²) in [5.41, 5.74) is 2.02. The number of ether oxygens (including phenoxy) is 2. The maximum Gasteiger partial charge on any atom is 0.251 e. The molecule has 0 aliphatic carbocycles. The third-order valence-corrected chi connectivity index (χ3v) is 3.66. The molecule has 0 unspecified atom stereocenters.